The second-order valence-corrected chi connectivity index (χ2v) is 4.64. The van der Waals surface area contributed by atoms with Crippen molar-refractivity contribution < 1.29 is 9.90 Å². The first-order valence-electron chi connectivity index (χ1n) is 6.18. The Hall–Kier alpha value is -1.62. The highest BCUT2D eigenvalue weighted by Gasteiger charge is 2.20. The molecule has 1 amide bonds. The summed E-state index contributed by atoms with van der Waals surface area (Å²) in [6.45, 7) is 6.74. The van der Waals surface area contributed by atoms with Gasteiger partial charge in [-0.3, -0.25) is 4.79 Å². The number of aromatic nitrogens is 1. The SMILES string of the molecule is CC(=O)N1CCN(c2ncc(CO)cc2C)CC1. The molecule has 5 heteroatoms. The Bertz CT molecular complexity index is 440. The smallest absolute Gasteiger partial charge is 0.219 e. The van der Waals surface area contributed by atoms with Crippen LogP contribution in [-0.4, -0.2) is 47.1 Å². The molecule has 18 heavy (non-hydrogen) atoms. The van der Waals surface area contributed by atoms with Crippen molar-refractivity contribution in [3.05, 3.63) is 23.4 Å². The van der Waals surface area contributed by atoms with Gasteiger partial charge < -0.3 is 14.9 Å². The third kappa shape index (κ3) is 2.61. The van der Waals surface area contributed by atoms with Gasteiger partial charge in [-0.2, -0.15) is 0 Å². The number of carbonyl (C=O) groups excluding carboxylic acids is 1. The third-order valence-corrected chi connectivity index (χ3v) is 3.31. The van der Waals surface area contributed by atoms with Crippen LogP contribution in [0.2, 0.25) is 0 Å². The highest BCUT2D eigenvalue weighted by atomic mass is 16.3. The summed E-state index contributed by atoms with van der Waals surface area (Å²) >= 11 is 0. The molecule has 98 valence electrons. The van der Waals surface area contributed by atoms with Crippen molar-refractivity contribution in [1.82, 2.24) is 9.88 Å². The van der Waals surface area contributed by atoms with Crippen LogP contribution in [0.1, 0.15) is 18.1 Å². The summed E-state index contributed by atoms with van der Waals surface area (Å²) in [6.07, 6.45) is 1.71. The number of piperazine rings is 1. The first-order valence-corrected chi connectivity index (χ1v) is 6.18. The number of hydrogen-bond donors (Lipinski definition) is 1. The summed E-state index contributed by atoms with van der Waals surface area (Å²) < 4.78 is 0. The number of nitrogens with zero attached hydrogens (tertiary/aromatic N) is 3. The zero-order valence-corrected chi connectivity index (χ0v) is 10.9. The number of aliphatic hydroxyl groups excluding tert-OH is 1. The number of amides is 1. The van der Waals surface area contributed by atoms with Crippen molar-refractivity contribution in [2.24, 2.45) is 0 Å². The number of hydrogen-bond acceptors (Lipinski definition) is 4. The van der Waals surface area contributed by atoms with Gasteiger partial charge in [-0.25, -0.2) is 4.98 Å². The summed E-state index contributed by atoms with van der Waals surface area (Å²) in [4.78, 5) is 19.7. The molecule has 0 atom stereocenters. The van der Waals surface area contributed by atoms with E-state index >= 15 is 0 Å². The molecule has 1 aliphatic heterocycles. The van der Waals surface area contributed by atoms with E-state index in [9.17, 15) is 4.79 Å². The van der Waals surface area contributed by atoms with E-state index < -0.39 is 0 Å². The van der Waals surface area contributed by atoms with Crippen LogP contribution < -0.4 is 4.90 Å². The minimum atomic E-state index is 0.0201. The van der Waals surface area contributed by atoms with E-state index in [2.05, 4.69) is 9.88 Å². The Balaban J connectivity index is 2.07. The molecule has 0 saturated carbocycles. The minimum Gasteiger partial charge on any atom is -0.392 e. The molecule has 0 aromatic carbocycles. The molecule has 1 N–H and O–H groups in total. The van der Waals surface area contributed by atoms with Crippen LogP contribution in [0.5, 0.6) is 0 Å². The van der Waals surface area contributed by atoms with Crippen LogP contribution in [0.3, 0.4) is 0 Å². The molecule has 1 saturated heterocycles. The summed E-state index contributed by atoms with van der Waals surface area (Å²) in [5.41, 5.74) is 1.90. The molecule has 0 bridgehead atoms. The van der Waals surface area contributed by atoms with Gasteiger partial charge in [0.2, 0.25) is 5.91 Å². The molecule has 1 fully saturated rings. The van der Waals surface area contributed by atoms with E-state index in [0.717, 1.165) is 43.1 Å². The predicted octanol–water partition coefficient (Wildman–Crippen LogP) is 0.551. The first-order chi connectivity index (χ1) is 8.61. The van der Waals surface area contributed by atoms with Gasteiger partial charge in [0.05, 0.1) is 6.61 Å². The summed E-state index contributed by atoms with van der Waals surface area (Å²) in [5.74, 6) is 1.09. The van der Waals surface area contributed by atoms with Gasteiger partial charge >= 0.3 is 0 Å². The first kappa shape index (κ1) is 12.8. The third-order valence-electron chi connectivity index (χ3n) is 3.31. The van der Waals surface area contributed by atoms with Crippen LogP contribution in [0.15, 0.2) is 12.3 Å². The normalized spacial score (nSPS) is 15.9. The number of aliphatic hydroxyl groups is 1. The monoisotopic (exact) mass is 249 g/mol. The number of rotatable bonds is 2. The number of aryl methyl sites for hydroxylation is 1. The maximum atomic E-state index is 11.3. The van der Waals surface area contributed by atoms with E-state index in [1.807, 2.05) is 17.9 Å². The van der Waals surface area contributed by atoms with Crippen molar-refractivity contribution in [2.45, 2.75) is 20.5 Å². The molecular formula is C13H19N3O2. The molecule has 0 unspecified atom stereocenters. The molecule has 1 aromatic heterocycles. The quantitative estimate of drug-likeness (QED) is 0.831. The topological polar surface area (TPSA) is 56.7 Å². The van der Waals surface area contributed by atoms with Crippen LogP contribution >= 0.6 is 0 Å². The number of anilines is 1. The fourth-order valence-electron chi connectivity index (χ4n) is 2.28. The second kappa shape index (κ2) is 5.35. The summed E-state index contributed by atoms with van der Waals surface area (Å²) in [5, 5.41) is 9.06. The number of pyridine rings is 1. The molecule has 0 spiro atoms. The van der Waals surface area contributed by atoms with Gasteiger partial charge in [0, 0.05) is 39.3 Å². The van der Waals surface area contributed by atoms with Gasteiger partial charge in [-0.15, -0.1) is 0 Å². The Labute approximate surface area is 107 Å². The van der Waals surface area contributed by atoms with E-state index in [1.165, 1.54) is 0 Å². The van der Waals surface area contributed by atoms with E-state index in [1.54, 1.807) is 13.1 Å². The number of carbonyl (C=O) groups is 1. The second-order valence-electron chi connectivity index (χ2n) is 4.64. The maximum absolute atomic E-state index is 11.3. The Morgan fingerprint density at radius 2 is 2.06 bits per heavy atom. The summed E-state index contributed by atoms with van der Waals surface area (Å²) in [7, 11) is 0. The lowest BCUT2D eigenvalue weighted by Gasteiger charge is -2.35. The standard InChI is InChI=1S/C13H19N3O2/c1-10-7-12(9-17)8-14-13(10)16-5-3-15(4-6-16)11(2)18/h7-8,17H,3-6,9H2,1-2H3. The van der Waals surface area contributed by atoms with Crippen LogP contribution in [-0.2, 0) is 11.4 Å². The zero-order chi connectivity index (χ0) is 13.1. The van der Waals surface area contributed by atoms with E-state index in [-0.39, 0.29) is 12.5 Å². The Morgan fingerprint density at radius 3 is 2.56 bits per heavy atom. The van der Waals surface area contributed by atoms with Crippen molar-refractivity contribution in [1.29, 1.82) is 0 Å². The lowest BCUT2D eigenvalue weighted by Crippen LogP contribution is -2.48. The lowest BCUT2D eigenvalue weighted by atomic mass is 10.2. The van der Waals surface area contributed by atoms with Gasteiger partial charge in [0.15, 0.2) is 0 Å². The molecule has 0 aliphatic carbocycles. The molecule has 2 rings (SSSR count). The Morgan fingerprint density at radius 1 is 1.39 bits per heavy atom. The molecular weight excluding hydrogens is 230 g/mol. The molecule has 1 aromatic rings. The van der Waals surface area contributed by atoms with Crippen LogP contribution in [0.4, 0.5) is 5.82 Å². The van der Waals surface area contributed by atoms with Crippen molar-refractivity contribution in [2.75, 3.05) is 31.1 Å². The van der Waals surface area contributed by atoms with Gasteiger partial charge in [0.1, 0.15) is 5.82 Å². The van der Waals surface area contributed by atoms with Gasteiger partial charge in [-0.1, -0.05) is 0 Å². The fourth-order valence-corrected chi connectivity index (χ4v) is 2.28. The molecule has 2 heterocycles. The average molecular weight is 249 g/mol. The Kier molecular flexibility index (Phi) is 3.81. The van der Waals surface area contributed by atoms with Crippen LogP contribution in [0, 0.1) is 6.92 Å². The lowest BCUT2D eigenvalue weighted by molar-refractivity contribution is -0.129. The van der Waals surface area contributed by atoms with E-state index in [4.69, 9.17) is 5.11 Å². The largest absolute Gasteiger partial charge is 0.392 e. The highest BCUT2D eigenvalue weighted by molar-refractivity contribution is 5.73. The molecule has 0 radical (unpaired) electrons. The highest BCUT2D eigenvalue weighted by Crippen LogP contribution is 2.19. The van der Waals surface area contributed by atoms with Crippen molar-refractivity contribution in [3.63, 3.8) is 0 Å². The minimum absolute atomic E-state index is 0.0201. The summed E-state index contributed by atoms with van der Waals surface area (Å²) in [6, 6.07) is 1.96. The average Bonchev–Trinajstić information content (AvgIpc) is 2.38. The van der Waals surface area contributed by atoms with Gasteiger partial charge in [0.25, 0.3) is 0 Å². The molecule has 5 nitrogen and oxygen atoms in total. The maximum Gasteiger partial charge on any atom is 0.219 e. The van der Waals surface area contributed by atoms with Crippen LogP contribution in [0.25, 0.3) is 0 Å². The van der Waals surface area contributed by atoms with Gasteiger partial charge in [-0.05, 0) is 24.1 Å². The van der Waals surface area contributed by atoms with Crippen molar-refractivity contribution >= 4 is 11.7 Å². The van der Waals surface area contributed by atoms with Crippen molar-refractivity contribution in [3.8, 4) is 0 Å². The zero-order valence-electron chi connectivity index (χ0n) is 10.9. The fraction of sp³-hybridized carbons (Fsp3) is 0.538. The predicted molar refractivity (Wildman–Crippen MR) is 69.4 cm³/mol. The molecule has 1 aliphatic rings. The van der Waals surface area contributed by atoms with E-state index in [0.29, 0.717) is 0 Å².